The van der Waals surface area contributed by atoms with Crippen LogP contribution in [0.2, 0.25) is 0 Å². The smallest absolute Gasteiger partial charge is 0.220 e. The summed E-state index contributed by atoms with van der Waals surface area (Å²) in [5.74, 6) is 1.18. The van der Waals surface area contributed by atoms with Crippen LogP contribution in [0, 0.1) is 0 Å². The van der Waals surface area contributed by atoms with Crippen LogP contribution in [-0.4, -0.2) is 27.2 Å². The molecule has 1 atom stereocenters. The van der Waals surface area contributed by atoms with Crippen LogP contribution in [-0.2, 0) is 11.8 Å². The molecule has 2 heterocycles. The molecule has 12 heavy (non-hydrogen) atoms. The summed E-state index contributed by atoms with van der Waals surface area (Å²) in [5.41, 5.74) is 0. The molecule has 0 saturated carbocycles. The first kappa shape index (κ1) is 7.27. The maximum absolute atomic E-state index is 10.9. The van der Waals surface area contributed by atoms with Gasteiger partial charge in [-0.05, 0) is 0 Å². The Morgan fingerprint density at radius 1 is 1.75 bits per heavy atom. The lowest BCUT2D eigenvalue weighted by Gasteiger charge is -2.04. The first-order valence-electron chi connectivity index (χ1n) is 3.88. The first-order chi connectivity index (χ1) is 5.77. The SMILES string of the molecule is Cn1cnnc1C1CNC(=O)C1. The molecule has 1 saturated heterocycles. The molecule has 1 unspecified atom stereocenters. The minimum atomic E-state index is 0.100. The molecule has 2 rings (SSSR count). The Bertz CT molecular complexity index is 306. The van der Waals surface area contributed by atoms with Gasteiger partial charge in [-0.1, -0.05) is 0 Å². The summed E-state index contributed by atoms with van der Waals surface area (Å²) in [6.07, 6.45) is 2.19. The molecule has 1 aliphatic heterocycles. The van der Waals surface area contributed by atoms with E-state index >= 15 is 0 Å². The Hall–Kier alpha value is -1.39. The molecule has 5 nitrogen and oxygen atoms in total. The minimum absolute atomic E-state index is 0.100. The molecule has 1 fully saturated rings. The molecule has 64 valence electrons. The van der Waals surface area contributed by atoms with E-state index in [4.69, 9.17) is 0 Å². The van der Waals surface area contributed by atoms with E-state index in [2.05, 4.69) is 15.5 Å². The zero-order valence-corrected chi connectivity index (χ0v) is 6.82. The molecule has 0 aliphatic carbocycles. The van der Waals surface area contributed by atoms with Crippen LogP contribution >= 0.6 is 0 Å². The topological polar surface area (TPSA) is 59.8 Å². The quantitative estimate of drug-likeness (QED) is 0.607. The van der Waals surface area contributed by atoms with Gasteiger partial charge in [0.15, 0.2) is 0 Å². The lowest BCUT2D eigenvalue weighted by atomic mass is 10.1. The number of hydrogen-bond acceptors (Lipinski definition) is 3. The van der Waals surface area contributed by atoms with E-state index in [1.165, 1.54) is 0 Å². The van der Waals surface area contributed by atoms with Crippen LogP contribution in [0.1, 0.15) is 18.2 Å². The van der Waals surface area contributed by atoms with Gasteiger partial charge in [-0.3, -0.25) is 4.79 Å². The first-order valence-corrected chi connectivity index (χ1v) is 3.88. The van der Waals surface area contributed by atoms with E-state index < -0.39 is 0 Å². The highest BCUT2D eigenvalue weighted by Crippen LogP contribution is 2.19. The summed E-state index contributed by atoms with van der Waals surface area (Å²) in [5, 5.41) is 10.5. The molecule has 0 spiro atoms. The predicted octanol–water partition coefficient (Wildman–Crippen LogP) is -0.581. The minimum Gasteiger partial charge on any atom is -0.355 e. The third kappa shape index (κ3) is 1.07. The number of nitrogens with one attached hydrogen (secondary N) is 1. The number of amides is 1. The van der Waals surface area contributed by atoms with Crippen LogP contribution in [0.3, 0.4) is 0 Å². The standard InChI is InChI=1S/C7H10N4O/c1-11-4-9-10-7(11)5-2-6(12)8-3-5/h4-5H,2-3H2,1H3,(H,8,12). The van der Waals surface area contributed by atoms with E-state index in [-0.39, 0.29) is 11.8 Å². The highest BCUT2D eigenvalue weighted by molar-refractivity contribution is 5.79. The average molecular weight is 166 g/mol. The normalized spacial score (nSPS) is 22.8. The Morgan fingerprint density at radius 2 is 2.58 bits per heavy atom. The van der Waals surface area contributed by atoms with Gasteiger partial charge in [-0.2, -0.15) is 0 Å². The number of nitrogens with zero attached hydrogens (tertiary/aromatic N) is 3. The second-order valence-corrected chi connectivity index (χ2v) is 3.01. The maximum Gasteiger partial charge on any atom is 0.220 e. The van der Waals surface area contributed by atoms with Crippen LogP contribution in [0.4, 0.5) is 0 Å². The van der Waals surface area contributed by atoms with Crippen molar-refractivity contribution in [1.82, 2.24) is 20.1 Å². The fourth-order valence-electron chi connectivity index (χ4n) is 1.45. The van der Waals surface area contributed by atoms with Gasteiger partial charge in [-0.25, -0.2) is 0 Å². The number of carbonyl (C=O) groups excluding carboxylic acids is 1. The van der Waals surface area contributed by atoms with Gasteiger partial charge in [0.05, 0.1) is 0 Å². The lowest BCUT2D eigenvalue weighted by molar-refractivity contribution is -0.119. The molecular weight excluding hydrogens is 156 g/mol. The van der Waals surface area contributed by atoms with Gasteiger partial charge in [0.25, 0.3) is 0 Å². The Balaban J connectivity index is 2.21. The van der Waals surface area contributed by atoms with Crippen molar-refractivity contribution >= 4 is 5.91 Å². The van der Waals surface area contributed by atoms with Gasteiger partial charge in [0.2, 0.25) is 5.91 Å². The molecule has 0 bridgehead atoms. The van der Waals surface area contributed by atoms with Crippen LogP contribution in [0.25, 0.3) is 0 Å². The number of carbonyl (C=O) groups is 1. The van der Waals surface area contributed by atoms with Crippen molar-refractivity contribution in [3.8, 4) is 0 Å². The van der Waals surface area contributed by atoms with E-state index in [1.807, 2.05) is 11.6 Å². The summed E-state index contributed by atoms with van der Waals surface area (Å²) in [6, 6.07) is 0. The van der Waals surface area contributed by atoms with Crippen LogP contribution in [0.5, 0.6) is 0 Å². The molecule has 1 amide bonds. The molecule has 1 N–H and O–H groups in total. The van der Waals surface area contributed by atoms with E-state index in [1.54, 1.807) is 6.33 Å². The summed E-state index contributed by atoms with van der Waals surface area (Å²) < 4.78 is 1.85. The number of rotatable bonds is 1. The van der Waals surface area contributed by atoms with E-state index in [0.29, 0.717) is 13.0 Å². The molecule has 0 radical (unpaired) electrons. The fourth-order valence-corrected chi connectivity index (χ4v) is 1.45. The molecule has 1 aromatic heterocycles. The van der Waals surface area contributed by atoms with Crippen molar-refractivity contribution in [2.45, 2.75) is 12.3 Å². The highest BCUT2D eigenvalue weighted by atomic mass is 16.1. The molecule has 1 aliphatic rings. The third-order valence-corrected chi connectivity index (χ3v) is 2.09. The monoisotopic (exact) mass is 166 g/mol. The maximum atomic E-state index is 10.9. The van der Waals surface area contributed by atoms with Gasteiger partial charge in [0, 0.05) is 25.9 Å². The summed E-state index contributed by atoms with van der Waals surface area (Å²) in [6.45, 7) is 0.686. The zero-order valence-electron chi connectivity index (χ0n) is 6.82. The zero-order chi connectivity index (χ0) is 8.55. The molecule has 0 aromatic carbocycles. The van der Waals surface area contributed by atoms with E-state index in [9.17, 15) is 4.79 Å². The number of aromatic nitrogens is 3. The number of hydrogen-bond donors (Lipinski definition) is 1. The molecule has 5 heteroatoms. The third-order valence-electron chi connectivity index (χ3n) is 2.09. The predicted molar refractivity (Wildman–Crippen MR) is 41.4 cm³/mol. The fraction of sp³-hybridized carbons (Fsp3) is 0.571. The summed E-state index contributed by atoms with van der Waals surface area (Å²) in [4.78, 5) is 10.9. The Labute approximate surface area is 69.8 Å². The van der Waals surface area contributed by atoms with Gasteiger partial charge >= 0.3 is 0 Å². The van der Waals surface area contributed by atoms with Crippen molar-refractivity contribution < 1.29 is 4.79 Å². The van der Waals surface area contributed by atoms with Gasteiger partial charge in [-0.15, -0.1) is 10.2 Å². The van der Waals surface area contributed by atoms with Crippen LogP contribution < -0.4 is 5.32 Å². The second-order valence-electron chi connectivity index (χ2n) is 3.01. The largest absolute Gasteiger partial charge is 0.355 e. The molecular formula is C7H10N4O. The summed E-state index contributed by atoms with van der Waals surface area (Å²) >= 11 is 0. The Morgan fingerprint density at radius 3 is 3.08 bits per heavy atom. The van der Waals surface area contributed by atoms with Gasteiger partial charge in [0.1, 0.15) is 12.2 Å². The average Bonchev–Trinajstić information content (AvgIpc) is 2.58. The number of aryl methyl sites for hydroxylation is 1. The van der Waals surface area contributed by atoms with E-state index in [0.717, 1.165) is 5.82 Å². The summed E-state index contributed by atoms with van der Waals surface area (Å²) in [7, 11) is 1.89. The van der Waals surface area contributed by atoms with Gasteiger partial charge < -0.3 is 9.88 Å². The van der Waals surface area contributed by atoms with Crippen molar-refractivity contribution in [3.05, 3.63) is 12.2 Å². The van der Waals surface area contributed by atoms with Crippen molar-refractivity contribution in [3.63, 3.8) is 0 Å². The molecule has 1 aromatic rings. The van der Waals surface area contributed by atoms with Crippen molar-refractivity contribution in [1.29, 1.82) is 0 Å². The Kier molecular flexibility index (Phi) is 1.56. The van der Waals surface area contributed by atoms with Crippen molar-refractivity contribution in [2.24, 2.45) is 7.05 Å². The highest BCUT2D eigenvalue weighted by Gasteiger charge is 2.26. The van der Waals surface area contributed by atoms with Crippen LogP contribution in [0.15, 0.2) is 6.33 Å². The second kappa shape index (κ2) is 2.58. The lowest BCUT2D eigenvalue weighted by Crippen LogP contribution is -2.14. The van der Waals surface area contributed by atoms with Crippen molar-refractivity contribution in [2.75, 3.05) is 6.54 Å².